The van der Waals surface area contributed by atoms with Crippen molar-refractivity contribution < 1.29 is 9.18 Å². The van der Waals surface area contributed by atoms with Crippen LogP contribution >= 0.6 is 15.9 Å². The smallest absolute Gasteiger partial charge is 0.256 e. The maximum absolute atomic E-state index is 13.7. The predicted molar refractivity (Wildman–Crippen MR) is 73.0 cm³/mol. The van der Waals surface area contributed by atoms with Crippen LogP contribution in [-0.4, -0.2) is 23.9 Å². The molecule has 1 aromatic rings. The van der Waals surface area contributed by atoms with E-state index in [1.807, 2.05) is 0 Å². The highest BCUT2D eigenvalue weighted by Gasteiger charge is 2.30. The molecule has 2 nitrogen and oxygen atoms in total. The maximum Gasteiger partial charge on any atom is 0.256 e. The third-order valence-electron chi connectivity index (χ3n) is 3.35. The van der Waals surface area contributed by atoms with Gasteiger partial charge in [-0.3, -0.25) is 4.79 Å². The number of halogens is 2. The summed E-state index contributed by atoms with van der Waals surface area (Å²) in [5, 5.41) is 0. The molecule has 2 rings (SSSR count). The Morgan fingerprint density at radius 1 is 1.44 bits per heavy atom. The molecule has 1 aromatic carbocycles. The van der Waals surface area contributed by atoms with Crippen molar-refractivity contribution in [3.8, 4) is 0 Å². The lowest BCUT2D eigenvalue weighted by atomic mass is 9.84. The maximum atomic E-state index is 13.7. The summed E-state index contributed by atoms with van der Waals surface area (Å²) in [6, 6.07) is 4.48. The molecule has 0 saturated carbocycles. The van der Waals surface area contributed by atoms with Crippen LogP contribution < -0.4 is 0 Å². The second-order valence-corrected chi connectivity index (χ2v) is 6.53. The summed E-state index contributed by atoms with van der Waals surface area (Å²) in [5.74, 6) is -0.659. The third-order valence-corrected chi connectivity index (χ3v) is 3.84. The summed E-state index contributed by atoms with van der Waals surface area (Å²) < 4.78 is 14.4. The molecule has 0 radical (unpaired) electrons. The van der Waals surface area contributed by atoms with E-state index in [1.54, 1.807) is 17.0 Å². The van der Waals surface area contributed by atoms with Crippen molar-refractivity contribution in [1.82, 2.24) is 4.90 Å². The fourth-order valence-electron chi connectivity index (χ4n) is 2.43. The van der Waals surface area contributed by atoms with Gasteiger partial charge in [0.05, 0.1) is 5.56 Å². The molecule has 98 valence electrons. The van der Waals surface area contributed by atoms with Gasteiger partial charge in [-0.15, -0.1) is 0 Å². The van der Waals surface area contributed by atoms with Crippen molar-refractivity contribution in [2.45, 2.75) is 26.7 Å². The summed E-state index contributed by atoms with van der Waals surface area (Å²) in [6.45, 7) is 5.69. The van der Waals surface area contributed by atoms with Gasteiger partial charge in [0.15, 0.2) is 0 Å². The van der Waals surface area contributed by atoms with Gasteiger partial charge in [0.2, 0.25) is 0 Å². The van der Waals surface area contributed by atoms with E-state index < -0.39 is 5.82 Å². The Morgan fingerprint density at radius 3 is 2.83 bits per heavy atom. The average Bonchev–Trinajstić information content (AvgIpc) is 2.30. The van der Waals surface area contributed by atoms with Gasteiger partial charge < -0.3 is 4.90 Å². The number of amides is 1. The molecule has 0 unspecified atom stereocenters. The van der Waals surface area contributed by atoms with Crippen LogP contribution in [0.4, 0.5) is 4.39 Å². The molecule has 4 heteroatoms. The number of carbonyl (C=O) groups is 1. The van der Waals surface area contributed by atoms with Gasteiger partial charge in [-0.05, 0) is 36.5 Å². The van der Waals surface area contributed by atoms with Gasteiger partial charge in [-0.1, -0.05) is 29.8 Å². The van der Waals surface area contributed by atoms with E-state index in [-0.39, 0.29) is 16.9 Å². The van der Waals surface area contributed by atoms with E-state index in [4.69, 9.17) is 0 Å². The lowest BCUT2D eigenvalue weighted by molar-refractivity contribution is 0.0579. The highest BCUT2D eigenvalue weighted by atomic mass is 79.9. The van der Waals surface area contributed by atoms with Gasteiger partial charge in [-0.25, -0.2) is 4.39 Å². The van der Waals surface area contributed by atoms with Crippen LogP contribution in [0.25, 0.3) is 0 Å². The van der Waals surface area contributed by atoms with Crippen molar-refractivity contribution in [3.05, 3.63) is 34.1 Å². The Hall–Kier alpha value is -0.900. The lowest BCUT2D eigenvalue weighted by Gasteiger charge is -2.38. The first-order chi connectivity index (χ1) is 8.39. The summed E-state index contributed by atoms with van der Waals surface area (Å²) in [7, 11) is 0. The molecule has 0 N–H and O–H groups in total. The van der Waals surface area contributed by atoms with Gasteiger partial charge in [0, 0.05) is 17.6 Å². The highest BCUT2D eigenvalue weighted by Crippen LogP contribution is 2.29. The molecule has 0 aliphatic carbocycles. The predicted octanol–water partition coefficient (Wildman–Crippen LogP) is 3.85. The highest BCUT2D eigenvalue weighted by molar-refractivity contribution is 9.10. The summed E-state index contributed by atoms with van der Waals surface area (Å²) in [5.41, 5.74) is 0.276. The van der Waals surface area contributed by atoms with Gasteiger partial charge in [-0.2, -0.15) is 0 Å². The molecule has 0 aromatic heterocycles. The molecule has 1 amide bonds. The van der Waals surface area contributed by atoms with Crippen molar-refractivity contribution in [2.75, 3.05) is 13.1 Å². The first-order valence-electron chi connectivity index (χ1n) is 6.13. The number of piperidine rings is 1. The fourth-order valence-corrected chi connectivity index (χ4v) is 2.79. The van der Waals surface area contributed by atoms with E-state index >= 15 is 0 Å². The van der Waals surface area contributed by atoms with Crippen LogP contribution in [0, 0.1) is 11.2 Å². The third kappa shape index (κ3) is 2.91. The summed E-state index contributed by atoms with van der Waals surface area (Å²) in [6.07, 6.45) is 2.09. The molecule has 0 spiro atoms. The lowest BCUT2D eigenvalue weighted by Crippen LogP contribution is -2.43. The van der Waals surface area contributed by atoms with E-state index in [9.17, 15) is 9.18 Å². The molecule has 18 heavy (non-hydrogen) atoms. The van der Waals surface area contributed by atoms with Crippen LogP contribution in [0.5, 0.6) is 0 Å². The Balaban J connectivity index is 2.23. The van der Waals surface area contributed by atoms with Gasteiger partial charge in [0.1, 0.15) is 5.82 Å². The molecule has 1 heterocycles. The molecular formula is C14H17BrFNO. The van der Waals surface area contributed by atoms with Crippen molar-refractivity contribution in [3.63, 3.8) is 0 Å². The number of likely N-dealkylation sites (tertiary alicyclic amines) is 1. The standard InChI is InChI=1S/C14H17BrFNO/c1-14(2)6-3-7-17(9-14)13(18)11-8-10(15)4-5-12(11)16/h4-5,8H,3,6-7,9H2,1-2H3. The van der Waals surface area contributed by atoms with E-state index in [2.05, 4.69) is 29.8 Å². The first-order valence-corrected chi connectivity index (χ1v) is 6.93. The molecule has 1 fully saturated rings. The molecule has 0 bridgehead atoms. The van der Waals surface area contributed by atoms with E-state index in [1.165, 1.54) is 6.07 Å². The van der Waals surface area contributed by atoms with Crippen LogP contribution in [-0.2, 0) is 0 Å². The molecule has 0 atom stereocenters. The van der Waals surface area contributed by atoms with Gasteiger partial charge >= 0.3 is 0 Å². The molecule has 1 aliphatic heterocycles. The average molecular weight is 314 g/mol. The molecule has 1 aliphatic rings. The largest absolute Gasteiger partial charge is 0.338 e. The van der Waals surface area contributed by atoms with Crippen molar-refractivity contribution >= 4 is 21.8 Å². The fraction of sp³-hybridized carbons (Fsp3) is 0.500. The Kier molecular flexibility index (Phi) is 3.76. The Morgan fingerprint density at radius 2 is 2.17 bits per heavy atom. The van der Waals surface area contributed by atoms with Crippen LogP contribution in [0.2, 0.25) is 0 Å². The van der Waals surface area contributed by atoms with Crippen LogP contribution in [0.3, 0.4) is 0 Å². The number of benzene rings is 1. The number of nitrogens with zero attached hydrogens (tertiary/aromatic N) is 1. The minimum absolute atomic E-state index is 0.121. The van der Waals surface area contributed by atoms with E-state index in [0.29, 0.717) is 13.1 Å². The zero-order chi connectivity index (χ0) is 13.3. The second-order valence-electron chi connectivity index (χ2n) is 5.62. The zero-order valence-electron chi connectivity index (χ0n) is 10.7. The Labute approximate surface area is 115 Å². The second kappa shape index (κ2) is 5.00. The summed E-state index contributed by atoms with van der Waals surface area (Å²) in [4.78, 5) is 14.1. The minimum Gasteiger partial charge on any atom is -0.338 e. The van der Waals surface area contributed by atoms with Crippen molar-refractivity contribution in [2.24, 2.45) is 5.41 Å². The quantitative estimate of drug-likeness (QED) is 0.771. The Bertz CT molecular complexity index is 473. The topological polar surface area (TPSA) is 20.3 Å². The van der Waals surface area contributed by atoms with Crippen molar-refractivity contribution in [1.29, 1.82) is 0 Å². The minimum atomic E-state index is -0.452. The number of carbonyl (C=O) groups excluding carboxylic acids is 1. The number of hydrogen-bond acceptors (Lipinski definition) is 1. The van der Waals surface area contributed by atoms with Crippen LogP contribution in [0.1, 0.15) is 37.0 Å². The number of rotatable bonds is 1. The summed E-state index contributed by atoms with van der Waals surface area (Å²) >= 11 is 3.27. The zero-order valence-corrected chi connectivity index (χ0v) is 12.3. The number of hydrogen-bond donors (Lipinski definition) is 0. The SMILES string of the molecule is CC1(C)CCCN(C(=O)c2cc(Br)ccc2F)C1. The van der Waals surface area contributed by atoms with E-state index in [0.717, 1.165) is 17.3 Å². The monoisotopic (exact) mass is 313 g/mol. The molecular weight excluding hydrogens is 297 g/mol. The van der Waals surface area contributed by atoms with Crippen LogP contribution in [0.15, 0.2) is 22.7 Å². The first kappa shape index (κ1) is 13.5. The van der Waals surface area contributed by atoms with Gasteiger partial charge in [0.25, 0.3) is 5.91 Å². The molecule has 1 saturated heterocycles. The normalized spacial score (nSPS) is 18.8.